The molecule has 29 heavy (non-hydrogen) atoms. The molecule has 4 rings (SSSR count). The highest BCUT2D eigenvalue weighted by molar-refractivity contribution is 7.89. The van der Waals surface area contributed by atoms with E-state index in [-0.39, 0.29) is 23.2 Å². The zero-order valence-electron chi connectivity index (χ0n) is 16.0. The molecule has 0 aromatic heterocycles. The van der Waals surface area contributed by atoms with Crippen molar-refractivity contribution in [1.82, 2.24) is 4.31 Å². The molecule has 0 bridgehead atoms. The van der Waals surface area contributed by atoms with Crippen LogP contribution in [0.25, 0.3) is 0 Å². The first-order chi connectivity index (χ1) is 13.9. The van der Waals surface area contributed by atoms with Crippen molar-refractivity contribution in [2.75, 3.05) is 31.1 Å². The third kappa shape index (κ3) is 4.13. The number of carbonyl (C=O) groups excluding carboxylic acids is 1. The quantitative estimate of drug-likeness (QED) is 0.749. The molecule has 2 aromatic rings. The van der Waals surface area contributed by atoms with E-state index in [1.165, 1.54) is 24.3 Å². The van der Waals surface area contributed by atoms with Crippen molar-refractivity contribution < 1.29 is 22.3 Å². The number of carbonyl (C=O) groups is 1. The van der Waals surface area contributed by atoms with Crippen molar-refractivity contribution in [3.05, 3.63) is 53.8 Å². The third-order valence-corrected chi connectivity index (χ3v) is 7.27. The van der Waals surface area contributed by atoms with Gasteiger partial charge < -0.3 is 9.64 Å². The normalized spacial score (nSPS) is 17.2. The first-order valence-corrected chi connectivity index (χ1v) is 11.2. The Labute approximate surface area is 169 Å². The van der Waals surface area contributed by atoms with E-state index in [0.29, 0.717) is 31.8 Å². The van der Waals surface area contributed by atoms with E-state index in [1.54, 1.807) is 27.4 Å². The van der Waals surface area contributed by atoms with Gasteiger partial charge in [0.2, 0.25) is 10.0 Å². The number of ether oxygens (including phenoxy) is 1. The summed E-state index contributed by atoms with van der Waals surface area (Å²) < 4.78 is 45.7. The number of benzene rings is 2. The minimum atomic E-state index is -3.50. The summed E-state index contributed by atoms with van der Waals surface area (Å²) in [6.07, 6.45) is 3.44. The maximum Gasteiger partial charge on any atom is 0.264 e. The van der Waals surface area contributed by atoms with E-state index < -0.39 is 10.0 Å². The molecule has 2 aromatic carbocycles. The second-order valence-corrected chi connectivity index (χ2v) is 9.23. The summed E-state index contributed by atoms with van der Waals surface area (Å²) in [5.41, 5.74) is 1.56. The molecule has 2 aliphatic rings. The number of nitrogens with zero attached hydrogens (tertiary/aromatic N) is 2. The molecule has 2 heterocycles. The SMILES string of the molecule is O=C(COc1ccc(F)cc1)N1CCc2cc(S(=O)(=O)N3CCCCC3)ccc21. The first kappa shape index (κ1) is 19.8. The van der Waals surface area contributed by atoms with Crippen molar-refractivity contribution in [2.24, 2.45) is 0 Å². The van der Waals surface area contributed by atoms with Gasteiger partial charge in [0.15, 0.2) is 6.61 Å². The van der Waals surface area contributed by atoms with Gasteiger partial charge in [0.1, 0.15) is 11.6 Å². The number of piperidine rings is 1. The van der Waals surface area contributed by atoms with E-state index in [9.17, 15) is 17.6 Å². The van der Waals surface area contributed by atoms with Crippen LogP contribution in [-0.2, 0) is 21.2 Å². The third-order valence-electron chi connectivity index (χ3n) is 5.38. The standard InChI is InChI=1S/C21H23FN2O4S/c22-17-4-6-18(7-5-17)28-15-21(25)24-13-10-16-14-19(8-9-20(16)24)29(26,27)23-11-2-1-3-12-23/h4-9,14H,1-3,10-13,15H2. The van der Waals surface area contributed by atoms with Gasteiger partial charge >= 0.3 is 0 Å². The Morgan fingerprint density at radius 1 is 1.00 bits per heavy atom. The van der Waals surface area contributed by atoms with Crippen molar-refractivity contribution in [2.45, 2.75) is 30.6 Å². The van der Waals surface area contributed by atoms with Crippen LogP contribution in [0.5, 0.6) is 5.75 Å². The van der Waals surface area contributed by atoms with Crippen LogP contribution < -0.4 is 9.64 Å². The van der Waals surface area contributed by atoms with Crippen LogP contribution in [0.15, 0.2) is 47.4 Å². The van der Waals surface area contributed by atoms with Gasteiger partial charge in [-0.05, 0) is 67.3 Å². The van der Waals surface area contributed by atoms with Crippen LogP contribution in [0.1, 0.15) is 24.8 Å². The summed E-state index contributed by atoms with van der Waals surface area (Å²) in [5.74, 6) is -0.172. The lowest BCUT2D eigenvalue weighted by Crippen LogP contribution is -2.35. The Balaban J connectivity index is 1.46. The van der Waals surface area contributed by atoms with Gasteiger partial charge in [-0.15, -0.1) is 0 Å². The van der Waals surface area contributed by atoms with E-state index in [4.69, 9.17) is 4.74 Å². The summed E-state index contributed by atoms with van der Waals surface area (Å²) in [6, 6.07) is 10.5. The molecule has 0 atom stereocenters. The number of fused-ring (bicyclic) bond motifs is 1. The summed E-state index contributed by atoms with van der Waals surface area (Å²) >= 11 is 0. The molecule has 0 aliphatic carbocycles. The molecule has 0 N–H and O–H groups in total. The predicted molar refractivity (Wildman–Crippen MR) is 107 cm³/mol. The first-order valence-electron chi connectivity index (χ1n) is 9.77. The predicted octanol–water partition coefficient (Wildman–Crippen LogP) is 2.97. The van der Waals surface area contributed by atoms with Gasteiger partial charge in [-0.25, -0.2) is 12.8 Å². The lowest BCUT2D eigenvalue weighted by atomic mass is 10.2. The maximum absolute atomic E-state index is 13.0. The monoisotopic (exact) mass is 418 g/mol. The Bertz CT molecular complexity index is 1000. The van der Waals surface area contributed by atoms with Gasteiger partial charge in [0.05, 0.1) is 4.90 Å². The molecule has 8 heteroatoms. The van der Waals surface area contributed by atoms with E-state index in [1.807, 2.05) is 0 Å². The van der Waals surface area contributed by atoms with Crippen LogP contribution >= 0.6 is 0 Å². The molecule has 2 aliphatic heterocycles. The van der Waals surface area contributed by atoms with E-state index >= 15 is 0 Å². The summed E-state index contributed by atoms with van der Waals surface area (Å²) in [6.45, 7) is 1.43. The van der Waals surface area contributed by atoms with Crippen molar-refractivity contribution >= 4 is 21.6 Å². The highest BCUT2D eigenvalue weighted by atomic mass is 32.2. The largest absolute Gasteiger partial charge is 0.484 e. The zero-order chi connectivity index (χ0) is 20.4. The Morgan fingerprint density at radius 2 is 1.72 bits per heavy atom. The average Bonchev–Trinajstić information content (AvgIpc) is 3.17. The fourth-order valence-electron chi connectivity index (χ4n) is 3.81. The second-order valence-electron chi connectivity index (χ2n) is 7.29. The second kappa shape index (κ2) is 8.12. The number of rotatable bonds is 5. The highest BCUT2D eigenvalue weighted by Crippen LogP contribution is 2.32. The molecule has 1 amide bonds. The van der Waals surface area contributed by atoms with Crippen molar-refractivity contribution in [1.29, 1.82) is 0 Å². The molecule has 1 fully saturated rings. The maximum atomic E-state index is 13.0. The van der Waals surface area contributed by atoms with E-state index in [0.717, 1.165) is 30.5 Å². The molecule has 0 radical (unpaired) electrons. The molecule has 1 saturated heterocycles. The topological polar surface area (TPSA) is 66.9 Å². The lowest BCUT2D eigenvalue weighted by Gasteiger charge is -2.26. The van der Waals surface area contributed by atoms with Crippen LogP contribution in [0, 0.1) is 5.82 Å². The minimum Gasteiger partial charge on any atom is -0.484 e. The lowest BCUT2D eigenvalue weighted by molar-refractivity contribution is -0.120. The van der Waals surface area contributed by atoms with Crippen LogP contribution in [0.3, 0.4) is 0 Å². The number of anilines is 1. The number of amides is 1. The number of halogens is 1. The van der Waals surface area contributed by atoms with Gasteiger partial charge in [0, 0.05) is 25.3 Å². The number of sulfonamides is 1. The van der Waals surface area contributed by atoms with Crippen molar-refractivity contribution in [3.8, 4) is 5.75 Å². The van der Waals surface area contributed by atoms with Gasteiger partial charge in [0.25, 0.3) is 5.91 Å². The highest BCUT2D eigenvalue weighted by Gasteiger charge is 2.30. The summed E-state index contributed by atoms with van der Waals surface area (Å²) in [4.78, 5) is 14.5. The summed E-state index contributed by atoms with van der Waals surface area (Å²) in [7, 11) is -3.50. The zero-order valence-corrected chi connectivity index (χ0v) is 16.8. The van der Waals surface area contributed by atoms with E-state index in [2.05, 4.69) is 0 Å². The Kier molecular flexibility index (Phi) is 5.56. The molecule has 154 valence electrons. The molecule has 0 spiro atoms. The molecule has 0 saturated carbocycles. The van der Waals surface area contributed by atoms with Gasteiger partial charge in [-0.3, -0.25) is 4.79 Å². The fraction of sp³-hybridized carbons (Fsp3) is 0.381. The van der Waals surface area contributed by atoms with Gasteiger partial charge in [-0.2, -0.15) is 4.31 Å². The summed E-state index contributed by atoms with van der Waals surface area (Å²) in [5, 5.41) is 0. The molecule has 6 nitrogen and oxygen atoms in total. The Morgan fingerprint density at radius 3 is 2.45 bits per heavy atom. The molecular weight excluding hydrogens is 395 g/mol. The fourth-order valence-corrected chi connectivity index (χ4v) is 5.37. The van der Waals surface area contributed by atoms with Crippen LogP contribution in [-0.4, -0.2) is 44.9 Å². The van der Waals surface area contributed by atoms with Crippen LogP contribution in [0.4, 0.5) is 10.1 Å². The molecule has 0 unspecified atom stereocenters. The number of hydrogen-bond acceptors (Lipinski definition) is 4. The van der Waals surface area contributed by atoms with Gasteiger partial charge in [-0.1, -0.05) is 6.42 Å². The molecular formula is C21H23FN2O4S. The smallest absolute Gasteiger partial charge is 0.264 e. The van der Waals surface area contributed by atoms with Crippen molar-refractivity contribution in [3.63, 3.8) is 0 Å². The van der Waals surface area contributed by atoms with Crippen LogP contribution in [0.2, 0.25) is 0 Å². The number of hydrogen-bond donors (Lipinski definition) is 0. The Hall–Kier alpha value is -2.45. The average molecular weight is 418 g/mol. The minimum absolute atomic E-state index is 0.168.